The van der Waals surface area contributed by atoms with Crippen molar-refractivity contribution in [3.05, 3.63) is 191 Å². The molecule has 2 aromatic heterocycles. The molecule has 250 valence electrons. The van der Waals surface area contributed by atoms with Crippen LogP contribution in [-0.2, 0) is 0 Å². The minimum absolute atomic E-state index is 0.250. The number of pyridine rings is 2. The Morgan fingerprint density at radius 1 is 0.635 bits per heavy atom. The first-order valence-electron chi connectivity index (χ1n) is 18.7. The van der Waals surface area contributed by atoms with Gasteiger partial charge in [0.25, 0.3) is 0 Å². The van der Waals surface area contributed by atoms with Crippen molar-refractivity contribution in [2.45, 2.75) is 26.7 Å². The maximum atomic E-state index is 4.98. The van der Waals surface area contributed by atoms with Crippen molar-refractivity contribution in [2.75, 3.05) is 0 Å². The van der Waals surface area contributed by atoms with Crippen LogP contribution in [-0.4, -0.2) is 9.97 Å². The van der Waals surface area contributed by atoms with Gasteiger partial charge in [-0.3, -0.25) is 9.97 Å². The zero-order chi connectivity index (χ0) is 34.8. The molecular formula is C50H40N2. The first-order valence-corrected chi connectivity index (χ1v) is 18.7. The van der Waals surface area contributed by atoms with E-state index in [-0.39, 0.29) is 5.92 Å². The standard InChI is InChI=1S/C50H40N2/c1-31-9-7-14-34-18-20-39(28-44(31)34)49-42-23-21-36(40-22-24-47(51-29-40)41-26-37-13-5-6-16-46(37)52-30-41)27-45(42)50(48-32(2)10-8-15-43(48)49)38-19-17-33-11-3-4-12-35(33)25-38/h3-8,10-27,29-32,44,48H,9,28H2,1-2H3. The molecule has 2 heteroatoms. The molecule has 0 amide bonds. The van der Waals surface area contributed by atoms with Crippen molar-refractivity contribution in [2.24, 2.45) is 23.7 Å². The highest BCUT2D eigenvalue weighted by Crippen LogP contribution is 2.47. The molecule has 4 aliphatic rings. The van der Waals surface area contributed by atoms with Gasteiger partial charge in [-0.1, -0.05) is 129 Å². The van der Waals surface area contributed by atoms with E-state index in [0.717, 1.165) is 40.6 Å². The Labute approximate surface area is 305 Å². The number of allylic oxidation sites excluding steroid dienone is 10. The van der Waals surface area contributed by atoms with E-state index in [1.165, 1.54) is 60.2 Å². The summed E-state index contributed by atoms with van der Waals surface area (Å²) >= 11 is 0. The minimum atomic E-state index is 0.250. The number of hydrogen-bond acceptors (Lipinski definition) is 2. The molecular weight excluding hydrogens is 629 g/mol. The number of hydrogen-bond donors (Lipinski definition) is 0. The Morgan fingerprint density at radius 2 is 1.42 bits per heavy atom. The summed E-state index contributed by atoms with van der Waals surface area (Å²) in [5, 5.41) is 6.35. The number of para-hydroxylation sites is 1. The van der Waals surface area contributed by atoms with Gasteiger partial charge in [0.1, 0.15) is 0 Å². The third-order valence-corrected chi connectivity index (χ3v) is 11.9. The fraction of sp³-hybridized carbons (Fsp3) is 0.160. The Morgan fingerprint density at radius 3 is 2.31 bits per heavy atom. The lowest BCUT2D eigenvalue weighted by Gasteiger charge is -2.38. The van der Waals surface area contributed by atoms with E-state index in [0.29, 0.717) is 17.8 Å². The highest BCUT2D eigenvalue weighted by atomic mass is 14.7. The highest BCUT2D eigenvalue weighted by molar-refractivity contribution is 5.92. The minimum Gasteiger partial charge on any atom is -0.256 e. The molecule has 4 atom stereocenters. The van der Waals surface area contributed by atoms with Gasteiger partial charge in [-0.15, -0.1) is 0 Å². The van der Waals surface area contributed by atoms with Crippen LogP contribution in [0.4, 0.5) is 0 Å². The smallest absolute Gasteiger partial charge is 0.0718 e. The van der Waals surface area contributed by atoms with Crippen LogP contribution in [0.2, 0.25) is 0 Å². The van der Waals surface area contributed by atoms with Gasteiger partial charge in [0.15, 0.2) is 0 Å². The second-order valence-corrected chi connectivity index (χ2v) is 15.1. The van der Waals surface area contributed by atoms with Crippen LogP contribution in [0.1, 0.15) is 32.3 Å². The molecule has 0 spiro atoms. The molecule has 4 unspecified atom stereocenters. The van der Waals surface area contributed by atoms with Crippen molar-refractivity contribution < 1.29 is 0 Å². The largest absolute Gasteiger partial charge is 0.256 e. The summed E-state index contributed by atoms with van der Waals surface area (Å²) in [6.45, 7) is 4.82. The van der Waals surface area contributed by atoms with Crippen molar-refractivity contribution >= 4 is 32.8 Å². The van der Waals surface area contributed by atoms with Crippen LogP contribution < -0.4 is 10.4 Å². The number of fused-ring (bicyclic) bond motifs is 5. The molecule has 0 radical (unpaired) electrons. The molecule has 0 fully saturated rings. The quantitative estimate of drug-likeness (QED) is 0.187. The van der Waals surface area contributed by atoms with Gasteiger partial charge < -0.3 is 0 Å². The summed E-state index contributed by atoms with van der Waals surface area (Å²) in [4.78, 5) is 9.66. The van der Waals surface area contributed by atoms with Crippen molar-refractivity contribution in [3.8, 4) is 22.4 Å². The molecule has 0 saturated heterocycles. The second-order valence-electron chi connectivity index (χ2n) is 15.1. The molecule has 0 bridgehead atoms. The topological polar surface area (TPSA) is 25.8 Å². The third kappa shape index (κ3) is 5.16. The lowest BCUT2D eigenvalue weighted by Crippen LogP contribution is -2.40. The van der Waals surface area contributed by atoms with E-state index in [9.17, 15) is 0 Å². The molecule has 2 nitrogen and oxygen atoms in total. The molecule has 6 aromatic rings. The fourth-order valence-corrected chi connectivity index (χ4v) is 9.19. The van der Waals surface area contributed by atoms with Gasteiger partial charge in [0, 0.05) is 34.8 Å². The van der Waals surface area contributed by atoms with Crippen LogP contribution >= 0.6 is 0 Å². The van der Waals surface area contributed by atoms with E-state index in [4.69, 9.17) is 4.98 Å². The van der Waals surface area contributed by atoms with E-state index in [1.54, 1.807) is 0 Å². The monoisotopic (exact) mass is 668 g/mol. The Balaban J connectivity index is 1.19. The normalized spacial score (nSPS) is 22.0. The summed E-state index contributed by atoms with van der Waals surface area (Å²) in [6.07, 6.45) is 22.8. The predicted molar refractivity (Wildman–Crippen MR) is 217 cm³/mol. The van der Waals surface area contributed by atoms with Gasteiger partial charge in [0.05, 0.1) is 11.2 Å². The fourth-order valence-electron chi connectivity index (χ4n) is 9.19. The van der Waals surface area contributed by atoms with E-state index >= 15 is 0 Å². The van der Waals surface area contributed by atoms with Crippen LogP contribution in [0, 0.1) is 23.7 Å². The Hall–Kier alpha value is -5.86. The van der Waals surface area contributed by atoms with Crippen molar-refractivity contribution in [3.63, 3.8) is 0 Å². The summed E-state index contributed by atoms with van der Waals surface area (Å²) in [5.74, 6) is 1.81. The summed E-state index contributed by atoms with van der Waals surface area (Å²) in [6, 6.07) is 37.7. The lowest BCUT2D eigenvalue weighted by atomic mass is 9.66. The molecule has 52 heavy (non-hydrogen) atoms. The molecule has 0 N–H and O–H groups in total. The maximum Gasteiger partial charge on any atom is 0.0718 e. The molecule has 10 rings (SSSR count). The van der Waals surface area contributed by atoms with Crippen molar-refractivity contribution in [1.29, 1.82) is 0 Å². The lowest BCUT2D eigenvalue weighted by molar-refractivity contribution is 0.404. The van der Waals surface area contributed by atoms with Crippen molar-refractivity contribution in [1.82, 2.24) is 9.97 Å². The Bertz CT molecular complexity index is 2720. The highest BCUT2D eigenvalue weighted by Gasteiger charge is 2.36. The molecule has 0 saturated carbocycles. The van der Waals surface area contributed by atoms with Crippen LogP contribution in [0.3, 0.4) is 0 Å². The van der Waals surface area contributed by atoms with Gasteiger partial charge >= 0.3 is 0 Å². The summed E-state index contributed by atoms with van der Waals surface area (Å²) < 4.78 is 0. The molecule has 2 heterocycles. The van der Waals surface area contributed by atoms with Crippen LogP contribution in [0.15, 0.2) is 175 Å². The Kier molecular flexibility index (Phi) is 7.39. The number of rotatable bonds is 4. The zero-order valence-corrected chi connectivity index (χ0v) is 29.6. The average Bonchev–Trinajstić information content (AvgIpc) is 3.20. The van der Waals surface area contributed by atoms with Gasteiger partial charge in [-0.25, -0.2) is 0 Å². The average molecular weight is 669 g/mol. The first kappa shape index (κ1) is 30.9. The zero-order valence-electron chi connectivity index (χ0n) is 29.6. The molecule has 4 aliphatic carbocycles. The van der Waals surface area contributed by atoms with E-state index in [2.05, 4.69) is 152 Å². The van der Waals surface area contributed by atoms with Crippen LogP contribution in [0.25, 0.3) is 55.2 Å². The molecule has 4 aromatic carbocycles. The van der Waals surface area contributed by atoms with E-state index < -0.39 is 0 Å². The van der Waals surface area contributed by atoms with Crippen LogP contribution in [0.5, 0.6) is 0 Å². The van der Waals surface area contributed by atoms with Gasteiger partial charge in [-0.2, -0.15) is 0 Å². The predicted octanol–water partition coefficient (Wildman–Crippen LogP) is 10.7. The SMILES string of the molecule is CC1C=CC=C2C(C3=CC=C4C=CCC(C)C4C3)=c3ccc(-c4ccc(-c5cnc6ccccc6c5)nc4)cc3=C(c3ccc4ccccc4c3)C21. The number of aromatic nitrogens is 2. The first-order chi connectivity index (χ1) is 25.6. The number of nitrogens with zero attached hydrogens (tertiary/aromatic N) is 2. The van der Waals surface area contributed by atoms with Gasteiger partial charge in [0.2, 0.25) is 0 Å². The van der Waals surface area contributed by atoms with Gasteiger partial charge in [-0.05, 0) is 121 Å². The maximum absolute atomic E-state index is 4.98. The summed E-state index contributed by atoms with van der Waals surface area (Å²) in [7, 11) is 0. The third-order valence-electron chi connectivity index (χ3n) is 11.9. The van der Waals surface area contributed by atoms with E-state index in [1.807, 2.05) is 24.5 Å². The second kappa shape index (κ2) is 12.4. The summed E-state index contributed by atoms with van der Waals surface area (Å²) in [5.41, 5.74) is 13.8. The molecule has 0 aliphatic heterocycles. The number of benzene rings is 4.